The molecule has 1 aromatic carbocycles. The minimum atomic E-state index is -0.119. The van der Waals surface area contributed by atoms with Gasteiger partial charge in [0.15, 0.2) is 0 Å². The third-order valence-corrected chi connectivity index (χ3v) is 3.79. The Morgan fingerprint density at radius 2 is 2.00 bits per heavy atom. The Morgan fingerprint density at radius 1 is 1.30 bits per heavy atom. The Hall–Kier alpha value is -1.55. The number of ether oxygens (including phenoxy) is 2. The summed E-state index contributed by atoms with van der Waals surface area (Å²) in [5, 5.41) is 3.41. The molecule has 2 rings (SSSR count). The molecule has 0 unspecified atom stereocenters. The predicted octanol–water partition coefficient (Wildman–Crippen LogP) is 2.48. The van der Waals surface area contributed by atoms with Crippen molar-refractivity contribution in [1.82, 2.24) is 5.32 Å². The summed E-state index contributed by atoms with van der Waals surface area (Å²) in [5.41, 5.74) is 1.37. The fraction of sp³-hybridized carbons (Fsp3) is 0.562. The molecule has 1 fully saturated rings. The second-order valence-electron chi connectivity index (χ2n) is 5.15. The van der Waals surface area contributed by atoms with Crippen molar-refractivity contribution in [3.8, 4) is 5.75 Å². The molecule has 0 amide bonds. The van der Waals surface area contributed by atoms with Crippen LogP contribution in [0.4, 0.5) is 0 Å². The summed E-state index contributed by atoms with van der Waals surface area (Å²) in [6.45, 7) is 3.00. The van der Waals surface area contributed by atoms with E-state index in [0.29, 0.717) is 31.5 Å². The molecule has 0 radical (unpaired) electrons. The first-order valence-corrected chi connectivity index (χ1v) is 7.26. The molecule has 20 heavy (non-hydrogen) atoms. The second-order valence-corrected chi connectivity index (χ2v) is 5.15. The number of benzene rings is 1. The topological polar surface area (TPSA) is 47.6 Å². The van der Waals surface area contributed by atoms with Gasteiger partial charge >= 0.3 is 5.97 Å². The van der Waals surface area contributed by atoms with Crippen LogP contribution in [0.5, 0.6) is 5.75 Å². The number of hydrogen-bond acceptors (Lipinski definition) is 4. The zero-order chi connectivity index (χ0) is 14.4. The molecule has 0 atom stereocenters. The predicted molar refractivity (Wildman–Crippen MR) is 78.0 cm³/mol. The number of carbonyl (C=O) groups excluding carboxylic acids is 1. The van der Waals surface area contributed by atoms with E-state index < -0.39 is 0 Å². The first-order chi connectivity index (χ1) is 9.72. The normalized spacial score (nSPS) is 21.1. The van der Waals surface area contributed by atoms with Crippen LogP contribution in [0.2, 0.25) is 0 Å². The van der Waals surface area contributed by atoms with Gasteiger partial charge in [-0.1, -0.05) is 12.1 Å². The van der Waals surface area contributed by atoms with Crippen molar-refractivity contribution in [1.29, 1.82) is 0 Å². The van der Waals surface area contributed by atoms with Gasteiger partial charge in [0, 0.05) is 12.6 Å². The third kappa shape index (κ3) is 3.97. The lowest BCUT2D eigenvalue weighted by Crippen LogP contribution is -2.41. The van der Waals surface area contributed by atoms with Gasteiger partial charge < -0.3 is 14.8 Å². The molecule has 1 aliphatic rings. The van der Waals surface area contributed by atoms with Crippen LogP contribution in [-0.2, 0) is 9.53 Å². The van der Waals surface area contributed by atoms with E-state index >= 15 is 0 Å². The zero-order valence-corrected chi connectivity index (χ0v) is 12.2. The fourth-order valence-electron chi connectivity index (χ4n) is 2.54. The largest absolute Gasteiger partial charge is 0.497 e. The van der Waals surface area contributed by atoms with E-state index in [0.717, 1.165) is 18.6 Å². The fourth-order valence-corrected chi connectivity index (χ4v) is 2.54. The molecule has 4 heteroatoms. The number of hydrogen-bond donors (Lipinski definition) is 1. The Bertz CT molecular complexity index is 424. The van der Waals surface area contributed by atoms with Crippen LogP contribution >= 0.6 is 0 Å². The highest BCUT2D eigenvalue weighted by Gasteiger charge is 2.29. The number of methoxy groups -OCH3 is 1. The highest BCUT2D eigenvalue weighted by atomic mass is 16.5. The minimum Gasteiger partial charge on any atom is -0.497 e. The molecule has 0 spiro atoms. The molecule has 1 aromatic rings. The lowest BCUT2D eigenvalue weighted by molar-refractivity contribution is -0.143. The van der Waals surface area contributed by atoms with E-state index in [-0.39, 0.29) is 5.97 Å². The van der Waals surface area contributed by atoms with Crippen LogP contribution in [0.25, 0.3) is 0 Å². The molecule has 0 heterocycles. The summed E-state index contributed by atoms with van der Waals surface area (Å²) in [7, 11) is 1.68. The molecular weight excluding hydrogens is 254 g/mol. The average molecular weight is 277 g/mol. The minimum absolute atomic E-state index is 0.119. The highest BCUT2D eigenvalue weighted by molar-refractivity contribution is 5.69. The van der Waals surface area contributed by atoms with E-state index in [2.05, 4.69) is 17.4 Å². The van der Waals surface area contributed by atoms with Crippen molar-refractivity contribution in [2.45, 2.75) is 38.1 Å². The lowest BCUT2D eigenvalue weighted by atomic mass is 9.76. The Balaban J connectivity index is 1.65. The van der Waals surface area contributed by atoms with Crippen LogP contribution < -0.4 is 10.1 Å². The summed E-state index contributed by atoms with van der Waals surface area (Å²) < 4.78 is 10.1. The van der Waals surface area contributed by atoms with Crippen LogP contribution in [0.15, 0.2) is 24.3 Å². The summed E-state index contributed by atoms with van der Waals surface area (Å²) >= 11 is 0. The summed E-state index contributed by atoms with van der Waals surface area (Å²) in [6.07, 6.45) is 2.72. The van der Waals surface area contributed by atoms with Crippen molar-refractivity contribution in [3.63, 3.8) is 0 Å². The number of esters is 1. The van der Waals surface area contributed by atoms with Gasteiger partial charge in [0.25, 0.3) is 0 Å². The van der Waals surface area contributed by atoms with Gasteiger partial charge in [-0.3, -0.25) is 4.79 Å². The zero-order valence-electron chi connectivity index (χ0n) is 12.2. The standard InChI is InChI=1S/C16H23NO3/c1-3-20-16(18)8-9-17-14-10-13(11-14)12-4-6-15(19-2)7-5-12/h4-7,13-14,17H,3,8-11H2,1-2H3. The molecule has 1 saturated carbocycles. The highest BCUT2D eigenvalue weighted by Crippen LogP contribution is 2.37. The summed E-state index contributed by atoms with van der Waals surface area (Å²) in [4.78, 5) is 11.2. The lowest BCUT2D eigenvalue weighted by Gasteiger charge is -2.36. The van der Waals surface area contributed by atoms with Crippen LogP contribution in [-0.4, -0.2) is 32.3 Å². The van der Waals surface area contributed by atoms with Gasteiger partial charge in [-0.25, -0.2) is 0 Å². The average Bonchev–Trinajstić information content (AvgIpc) is 2.42. The van der Waals surface area contributed by atoms with Crippen molar-refractivity contribution >= 4 is 5.97 Å². The molecule has 0 aromatic heterocycles. The quantitative estimate of drug-likeness (QED) is 0.778. The van der Waals surface area contributed by atoms with Gasteiger partial charge in [-0.2, -0.15) is 0 Å². The van der Waals surface area contributed by atoms with Crippen molar-refractivity contribution in [2.75, 3.05) is 20.3 Å². The number of nitrogens with one attached hydrogen (secondary N) is 1. The Labute approximate surface area is 120 Å². The van der Waals surface area contributed by atoms with E-state index in [9.17, 15) is 4.79 Å². The first-order valence-electron chi connectivity index (χ1n) is 7.26. The molecule has 1 aliphatic carbocycles. The van der Waals surface area contributed by atoms with E-state index in [4.69, 9.17) is 9.47 Å². The van der Waals surface area contributed by atoms with Crippen molar-refractivity contribution in [2.24, 2.45) is 0 Å². The molecule has 4 nitrogen and oxygen atoms in total. The van der Waals surface area contributed by atoms with Crippen LogP contribution in [0.1, 0.15) is 37.7 Å². The molecule has 0 bridgehead atoms. The SMILES string of the molecule is CCOC(=O)CCNC1CC(c2ccc(OC)cc2)C1. The number of carbonyl (C=O) groups is 1. The van der Waals surface area contributed by atoms with E-state index in [1.165, 1.54) is 5.56 Å². The monoisotopic (exact) mass is 277 g/mol. The first kappa shape index (κ1) is 14.9. The Morgan fingerprint density at radius 3 is 2.60 bits per heavy atom. The van der Waals surface area contributed by atoms with Crippen molar-refractivity contribution in [3.05, 3.63) is 29.8 Å². The van der Waals surface area contributed by atoms with Gasteiger partial charge in [-0.15, -0.1) is 0 Å². The van der Waals surface area contributed by atoms with E-state index in [1.807, 2.05) is 19.1 Å². The summed E-state index contributed by atoms with van der Waals surface area (Å²) in [5.74, 6) is 1.41. The van der Waals surface area contributed by atoms with Gasteiger partial charge in [0.2, 0.25) is 0 Å². The molecule has 110 valence electrons. The maximum atomic E-state index is 11.2. The molecule has 0 aliphatic heterocycles. The van der Waals surface area contributed by atoms with Gasteiger partial charge in [-0.05, 0) is 43.4 Å². The van der Waals surface area contributed by atoms with Gasteiger partial charge in [0.1, 0.15) is 5.75 Å². The number of rotatable bonds is 7. The maximum Gasteiger partial charge on any atom is 0.307 e. The molecule has 0 saturated heterocycles. The summed E-state index contributed by atoms with van der Waals surface area (Å²) in [6, 6.07) is 8.82. The smallest absolute Gasteiger partial charge is 0.307 e. The Kier molecular flexibility index (Phi) is 5.41. The molecule has 1 N–H and O–H groups in total. The third-order valence-electron chi connectivity index (χ3n) is 3.79. The maximum absolute atomic E-state index is 11.2. The second kappa shape index (κ2) is 7.29. The van der Waals surface area contributed by atoms with E-state index in [1.54, 1.807) is 7.11 Å². The van der Waals surface area contributed by atoms with Crippen molar-refractivity contribution < 1.29 is 14.3 Å². The van der Waals surface area contributed by atoms with Crippen LogP contribution in [0.3, 0.4) is 0 Å². The van der Waals surface area contributed by atoms with Gasteiger partial charge in [0.05, 0.1) is 20.1 Å². The molecular formula is C16H23NO3. The van der Waals surface area contributed by atoms with Crippen LogP contribution in [0, 0.1) is 0 Å².